The van der Waals surface area contributed by atoms with E-state index >= 15 is 0 Å². The van der Waals surface area contributed by atoms with Gasteiger partial charge in [-0.15, -0.1) is 13.2 Å². The predicted molar refractivity (Wildman–Crippen MR) is 213 cm³/mol. The molecule has 10 atom stereocenters. The molecule has 0 spiro atoms. The number of H-pyrrole nitrogens is 1. The lowest BCUT2D eigenvalue weighted by atomic mass is 9.98. The summed E-state index contributed by atoms with van der Waals surface area (Å²) in [4.78, 5) is 53.8. The molecule has 3 saturated heterocycles. The number of hydrogen-bond donors (Lipinski definition) is 10. The van der Waals surface area contributed by atoms with E-state index in [2.05, 4.69) is 25.6 Å². The molecule has 3 aliphatic heterocycles. The molecule has 5 unspecified atom stereocenters. The van der Waals surface area contributed by atoms with E-state index in [9.17, 15) is 52.8 Å². The summed E-state index contributed by atoms with van der Waals surface area (Å²) in [6.45, 7) is 1.55. The second kappa shape index (κ2) is 20.9. The van der Waals surface area contributed by atoms with Crippen LogP contribution in [0.2, 0.25) is 0 Å². The third kappa shape index (κ3) is 12.2. The molecule has 21 nitrogen and oxygen atoms in total. The molecule has 3 aliphatic rings. The number of benzene rings is 2. The summed E-state index contributed by atoms with van der Waals surface area (Å²) in [6.07, 6.45) is -16.4. The second-order valence-corrected chi connectivity index (χ2v) is 15.1. The van der Waals surface area contributed by atoms with Crippen molar-refractivity contribution < 1.29 is 66.9 Å². The lowest BCUT2D eigenvalue weighted by Crippen LogP contribution is -2.59. The third-order valence-electron chi connectivity index (χ3n) is 10.8. The summed E-state index contributed by atoms with van der Waals surface area (Å²) in [7, 11) is 0. The minimum absolute atomic E-state index is 0.0305. The number of primary amides is 1. The number of aromatic nitrogens is 2. The first-order valence-electron chi connectivity index (χ1n) is 20.1. The van der Waals surface area contributed by atoms with Crippen molar-refractivity contribution in [2.45, 2.75) is 99.6 Å². The SMILES string of the molecule is NC[C@H]1O[C@@H](O[C@@H](C(NCCCNC(=O)NCc2ccc(N3CCC(Oc4ccc(OC(F)(F)F)cc4)CC3)cc2)C(N)=O)C2OC(n3ccc(=O)[nH]c3=O)C(O)C2O)[C@H](O)[C@@H]1O. The number of carbonyl (C=O) groups is 2. The van der Waals surface area contributed by atoms with E-state index in [1.165, 1.54) is 24.3 Å². The Morgan fingerprint density at radius 1 is 0.889 bits per heavy atom. The summed E-state index contributed by atoms with van der Waals surface area (Å²) in [5, 5.41) is 51.4. The van der Waals surface area contributed by atoms with Gasteiger partial charge in [0.25, 0.3) is 5.56 Å². The Morgan fingerprint density at radius 2 is 1.57 bits per heavy atom. The Bertz CT molecular complexity index is 2090. The number of piperidine rings is 1. The fourth-order valence-corrected chi connectivity index (χ4v) is 7.48. The highest BCUT2D eigenvalue weighted by molar-refractivity contribution is 5.80. The fraction of sp³-hybridized carbons (Fsp3) is 0.538. The molecule has 3 fully saturated rings. The Labute approximate surface area is 357 Å². The van der Waals surface area contributed by atoms with Crippen LogP contribution in [-0.2, 0) is 25.5 Å². The van der Waals surface area contributed by atoms with Crippen molar-refractivity contribution in [2.75, 3.05) is 37.6 Å². The second-order valence-electron chi connectivity index (χ2n) is 15.1. The number of nitrogens with two attached hydrogens (primary N) is 2. The number of alkyl halides is 3. The van der Waals surface area contributed by atoms with E-state index < -0.39 is 90.8 Å². The van der Waals surface area contributed by atoms with Gasteiger partial charge in [-0.25, -0.2) is 9.59 Å². The molecule has 4 heterocycles. The van der Waals surface area contributed by atoms with Crippen molar-refractivity contribution in [2.24, 2.45) is 11.5 Å². The van der Waals surface area contributed by atoms with E-state index in [0.29, 0.717) is 31.7 Å². The van der Waals surface area contributed by atoms with Crippen molar-refractivity contribution in [1.82, 2.24) is 25.5 Å². The normalized spacial score (nSPS) is 26.3. The van der Waals surface area contributed by atoms with Gasteiger partial charge in [-0.05, 0) is 54.9 Å². The molecule has 0 radical (unpaired) electrons. The van der Waals surface area contributed by atoms with E-state index in [1.54, 1.807) is 0 Å². The molecule has 12 N–H and O–H groups in total. The molecule has 2 aromatic carbocycles. The standard InChI is InChI=1S/C39H51F3N8O13/c40-39(41,42)63-24-8-6-22(7-9-24)59-23-10-15-49(16-11-23)21-4-2-20(3-5-21)19-47-37(57)46-14-1-13-45-27(34(44)56)32(62-36-31(55)28(52)25(18-43)60-36)33-29(53)30(54)35(61-33)50-17-12-26(51)48-38(50)58/h2-9,12,17,23,25,27-33,35-36,45,52-55H,1,10-11,13-16,18-19,43H2,(H2,44,56)(H2,46,47,57)(H,48,51,58)/t25-,27?,28-,29?,30?,31-,32+,33?,35?,36+/m1/s1. The van der Waals surface area contributed by atoms with Crippen LogP contribution in [0.4, 0.5) is 23.7 Å². The zero-order valence-corrected chi connectivity index (χ0v) is 33.6. The molecular formula is C39H51F3N8O13. The molecule has 6 rings (SSSR count). The summed E-state index contributed by atoms with van der Waals surface area (Å²) in [6, 6.07) is 11.9. The number of carbonyl (C=O) groups excluding carboxylic acids is 2. The summed E-state index contributed by atoms with van der Waals surface area (Å²) >= 11 is 0. The molecule has 1 aromatic heterocycles. The minimum Gasteiger partial charge on any atom is -0.490 e. The van der Waals surface area contributed by atoms with Gasteiger partial charge in [0.2, 0.25) is 5.91 Å². The first-order valence-corrected chi connectivity index (χ1v) is 20.1. The number of aliphatic hydroxyl groups is 4. The maximum Gasteiger partial charge on any atom is 0.573 e. The molecule has 63 heavy (non-hydrogen) atoms. The summed E-state index contributed by atoms with van der Waals surface area (Å²) in [5.41, 5.74) is 11.5. The van der Waals surface area contributed by atoms with Gasteiger partial charge in [-0.1, -0.05) is 12.1 Å². The highest BCUT2D eigenvalue weighted by atomic mass is 19.4. The van der Waals surface area contributed by atoms with Crippen LogP contribution in [0.3, 0.4) is 0 Å². The number of rotatable bonds is 18. The third-order valence-corrected chi connectivity index (χ3v) is 10.8. The van der Waals surface area contributed by atoms with E-state index in [-0.39, 0.29) is 44.5 Å². The molecule has 3 amide bonds. The quantitative estimate of drug-likeness (QED) is 0.0632. The first kappa shape index (κ1) is 47.2. The predicted octanol–water partition coefficient (Wildman–Crippen LogP) is -1.77. The maximum atomic E-state index is 12.9. The van der Waals surface area contributed by atoms with Gasteiger partial charge in [0, 0.05) is 63.5 Å². The molecule has 346 valence electrons. The number of ether oxygens (including phenoxy) is 5. The summed E-state index contributed by atoms with van der Waals surface area (Å²) < 4.78 is 65.3. The molecule has 0 saturated carbocycles. The van der Waals surface area contributed by atoms with Gasteiger partial charge in [-0.3, -0.25) is 19.1 Å². The average molecular weight is 897 g/mol. The van der Waals surface area contributed by atoms with Crippen LogP contribution >= 0.6 is 0 Å². The minimum atomic E-state index is -4.77. The van der Waals surface area contributed by atoms with Crippen LogP contribution in [0.1, 0.15) is 31.1 Å². The van der Waals surface area contributed by atoms with E-state index in [0.717, 1.165) is 28.1 Å². The molecule has 0 bridgehead atoms. The number of anilines is 1. The van der Waals surface area contributed by atoms with Crippen LogP contribution < -0.4 is 53.0 Å². The summed E-state index contributed by atoms with van der Waals surface area (Å²) in [5.74, 6) is -0.884. The Hall–Kier alpha value is -5.31. The van der Waals surface area contributed by atoms with Gasteiger partial charge in [0.1, 0.15) is 66.4 Å². The van der Waals surface area contributed by atoms with Gasteiger partial charge in [0.05, 0.1) is 0 Å². The zero-order valence-electron chi connectivity index (χ0n) is 33.6. The van der Waals surface area contributed by atoms with Gasteiger partial charge >= 0.3 is 18.1 Å². The van der Waals surface area contributed by atoms with Crippen molar-refractivity contribution >= 4 is 17.6 Å². The number of nitrogens with zero attached hydrogens (tertiary/aromatic N) is 2. The van der Waals surface area contributed by atoms with Crippen LogP contribution in [0.25, 0.3) is 0 Å². The number of nitrogens with one attached hydrogen (secondary N) is 4. The Balaban J connectivity index is 0.959. The Morgan fingerprint density at radius 3 is 2.19 bits per heavy atom. The van der Waals surface area contributed by atoms with Crippen LogP contribution in [0, 0.1) is 0 Å². The van der Waals surface area contributed by atoms with E-state index in [4.69, 9.17) is 30.4 Å². The topological polar surface area (TPSA) is 307 Å². The fourth-order valence-electron chi connectivity index (χ4n) is 7.48. The van der Waals surface area contributed by atoms with Crippen molar-refractivity contribution in [3.05, 3.63) is 87.2 Å². The molecular weight excluding hydrogens is 845 g/mol. The van der Waals surface area contributed by atoms with Crippen LogP contribution in [0.5, 0.6) is 11.5 Å². The van der Waals surface area contributed by atoms with Crippen molar-refractivity contribution in [3.8, 4) is 11.5 Å². The van der Waals surface area contributed by atoms with Gasteiger partial charge < -0.3 is 76.4 Å². The number of aliphatic hydroxyl groups excluding tert-OH is 4. The van der Waals surface area contributed by atoms with Crippen LogP contribution in [-0.4, -0.2) is 142 Å². The lowest BCUT2D eigenvalue weighted by Gasteiger charge is -2.34. The number of halogens is 3. The van der Waals surface area contributed by atoms with Crippen LogP contribution in [0.15, 0.2) is 70.4 Å². The monoisotopic (exact) mass is 896 g/mol. The number of amides is 3. The maximum absolute atomic E-state index is 12.9. The highest BCUT2D eigenvalue weighted by Crippen LogP contribution is 2.34. The number of urea groups is 1. The largest absolute Gasteiger partial charge is 0.573 e. The molecule has 0 aliphatic carbocycles. The average Bonchev–Trinajstić information content (AvgIpc) is 3.69. The van der Waals surface area contributed by atoms with Gasteiger partial charge in [0.15, 0.2) is 12.5 Å². The van der Waals surface area contributed by atoms with Gasteiger partial charge in [-0.2, -0.15) is 0 Å². The smallest absolute Gasteiger partial charge is 0.490 e. The van der Waals surface area contributed by atoms with Crippen molar-refractivity contribution in [1.29, 1.82) is 0 Å². The lowest BCUT2D eigenvalue weighted by molar-refractivity contribution is -0.274. The molecule has 24 heteroatoms. The van der Waals surface area contributed by atoms with Crippen molar-refractivity contribution in [3.63, 3.8) is 0 Å². The number of aromatic amines is 1. The first-order chi connectivity index (χ1) is 30.0. The Kier molecular flexibility index (Phi) is 15.7. The number of hydrogen-bond acceptors (Lipinski definition) is 16. The zero-order chi connectivity index (χ0) is 45.4. The van der Waals surface area contributed by atoms with E-state index in [1.807, 2.05) is 29.2 Å². The highest BCUT2D eigenvalue weighted by Gasteiger charge is 2.53. The molecule has 3 aromatic rings.